The summed E-state index contributed by atoms with van der Waals surface area (Å²) in [6.45, 7) is 5.16. The van der Waals surface area contributed by atoms with Crippen LogP contribution >= 0.6 is 12.4 Å². The number of rotatable bonds is 4. The van der Waals surface area contributed by atoms with Crippen LogP contribution in [0.4, 0.5) is 0 Å². The van der Waals surface area contributed by atoms with E-state index in [4.69, 9.17) is 0 Å². The van der Waals surface area contributed by atoms with E-state index in [-0.39, 0.29) is 12.4 Å². The molecule has 114 valence electrons. The maximum Gasteiger partial charge on any atom is 0.0535 e. The minimum Gasteiger partial charge on any atom is -0.306 e. The van der Waals surface area contributed by atoms with E-state index >= 15 is 0 Å². The van der Waals surface area contributed by atoms with Gasteiger partial charge in [-0.05, 0) is 56.2 Å². The summed E-state index contributed by atoms with van der Waals surface area (Å²) in [5, 5.41) is 10.6. The molecule has 3 nitrogen and oxygen atoms in total. The first-order valence-electron chi connectivity index (χ1n) is 7.58. The highest BCUT2D eigenvalue weighted by Crippen LogP contribution is 2.24. The molecule has 2 N–H and O–H groups in total. The van der Waals surface area contributed by atoms with Gasteiger partial charge in [0.05, 0.1) is 6.20 Å². The Morgan fingerprint density at radius 1 is 1.24 bits per heavy atom. The van der Waals surface area contributed by atoms with Gasteiger partial charge in [-0.1, -0.05) is 18.2 Å². The number of fused-ring (bicyclic) bond motifs is 1. The van der Waals surface area contributed by atoms with Crippen LogP contribution in [0.3, 0.4) is 0 Å². The van der Waals surface area contributed by atoms with Gasteiger partial charge in [0.25, 0.3) is 0 Å². The zero-order valence-corrected chi connectivity index (χ0v) is 13.6. The van der Waals surface area contributed by atoms with Crippen LogP contribution in [0.25, 0.3) is 0 Å². The summed E-state index contributed by atoms with van der Waals surface area (Å²) in [6.07, 6.45) is 7.09. The second kappa shape index (κ2) is 7.10. The first kappa shape index (κ1) is 16.1. The number of aromatic amines is 1. The van der Waals surface area contributed by atoms with Crippen LogP contribution in [-0.2, 0) is 19.4 Å². The molecule has 1 aromatic heterocycles. The molecule has 0 aliphatic heterocycles. The highest BCUT2D eigenvalue weighted by Gasteiger charge is 2.12. The Balaban J connectivity index is 0.00000161. The number of aromatic nitrogens is 2. The van der Waals surface area contributed by atoms with Crippen molar-refractivity contribution < 1.29 is 0 Å². The lowest BCUT2D eigenvalue weighted by atomic mass is 9.89. The van der Waals surface area contributed by atoms with Crippen molar-refractivity contribution in [2.24, 2.45) is 0 Å². The normalized spacial score (nSPS) is 15.1. The van der Waals surface area contributed by atoms with Crippen LogP contribution in [0, 0.1) is 6.92 Å². The average molecular weight is 306 g/mol. The van der Waals surface area contributed by atoms with Gasteiger partial charge in [0.1, 0.15) is 0 Å². The van der Waals surface area contributed by atoms with E-state index in [9.17, 15) is 0 Å². The van der Waals surface area contributed by atoms with E-state index in [1.807, 2.05) is 6.20 Å². The van der Waals surface area contributed by atoms with E-state index in [1.165, 1.54) is 36.8 Å². The molecule has 4 heteroatoms. The van der Waals surface area contributed by atoms with Gasteiger partial charge in [-0.2, -0.15) is 5.10 Å². The number of aryl methyl sites for hydroxylation is 3. The lowest BCUT2D eigenvalue weighted by molar-refractivity contribution is 0.571. The summed E-state index contributed by atoms with van der Waals surface area (Å²) in [7, 11) is 0. The highest BCUT2D eigenvalue weighted by atomic mass is 35.5. The summed E-state index contributed by atoms with van der Waals surface area (Å²) in [5.74, 6) is 0. The van der Waals surface area contributed by atoms with Crippen LogP contribution in [-0.4, -0.2) is 10.2 Å². The Bertz CT molecular complexity index is 591. The molecule has 0 saturated carbocycles. The first-order chi connectivity index (χ1) is 9.74. The third-order valence-corrected chi connectivity index (χ3v) is 4.41. The molecule has 3 rings (SSSR count). The van der Waals surface area contributed by atoms with Crippen molar-refractivity contribution >= 4 is 12.4 Å². The van der Waals surface area contributed by atoms with Gasteiger partial charge in [0.15, 0.2) is 0 Å². The standard InChI is InChI=1S/C17H23N3.ClH/c1-12(18-10-17-11-19-20-13(17)2)15-8-7-14-5-3-4-6-16(14)9-15;/h7-9,11-12,18H,3-6,10H2,1-2H3,(H,19,20);1H. The zero-order chi connectivity index (χ0) is 13.9. The lowest BCUT2D eigenvalue weighted by Crippen LogP contribution is -2.19. The van der Waals surface area contributed by atoms with Crippen molar-refractivity contribution in [3.05, 3.63) is 52.3 Å². The average Bonchev–Trinajstić information content (AvgIpc) is 2.89. The van der Waals surface area contributed by atoms with E-state index in [0.29, 0.717) is 6.04 Å². The van der Waals surface area contributed by atoms with Crippen molar-refractivity contribution in [3.63, 3.8) is 0 Å². The molecule has 1 aromatic carbocycles. The SMILES string of the molecule is Cc1[nH]ncc1CNC(C)c1ccc2c(c1)CCCC2.Cl. The summed E-state index contributed by atoms with van der Waals surface area (Å²) >= 11 is 0. The van der Waals surface area contributed by atoms with E-state index in [1.54, 1.807) is 11.1 Å². The van der Waals surface area contributed by atoms with Crippen molar-refractivity contribution in [1.29, 1.82) is 0 Å². The molecule has 1 aliphatic carbocycles. The fourth-order valence-corrected chi connectivity index (χ4v) is 2.96. The zero-order valence-electron chi connectivity index (χ0n) is 12.8. The van der Waals surface area contributed by atoms with Gasteiger partial charge in [-0.15, -0.1) is 12.4 Å². The fraction of sp³-hybridized carbons (Fsp3) is 0.471. The minimum atomic E-state index is 0. The second-order valence-electron chi connectivity index (χ2n) is 5.86. The van der Waals surface area contributed by atoms with Crippen molar-refractivity contribution in [1.82, 2.24) is 15.5 Å². The Labute approximate surface area is 133 Å². The molecule has 0 fully saturated rings. The molecule has 1 atom stereocenters. The minimum absolute atomic E-state index is 0. The molecule has 0 radical (unpaired) electrons. The van der Waals surface area contributed by atoms with Crippen molar-refractivity contribution in [2.45, 2.75) is 52.1 Å². The van der Waals surface area contributed by atoms with Crippen LogP contribution < -0.4 is 5.32 Å². The van der Waals surface area contributed by atoms with E-state index in [0.717, 1.165) is 12.2 Å². The molecular formula is C17H24ClN3. The number of nitrogens with one attached hydrogen (secondary N) is 2. The third-order valence-electron chi connectivity index (χ3n) is 4.41. The topological polar surface area (TPSA) is 40.7 Å². The first-order valence-corrected chi connectivity index (χ1v) is 7.58. The summed E-state index contributed by atoms with van der Waals surface area (Å²) in [5.41, 5.74) is 6.90. The number of H-pyrrole nitrogens is 1. The van der Waals surface area contributed by atoms with Crippen LogP contribution in [0.1, 0.15) is 53.8 Å². The van der Waals surface area contributed by atoms with Gasteiger partial charge in [0.2, 0.25) is 0 Å². The lowest BCUT2D eigenvalue weighted by Gasteiger charge is -2.20. The molecule has 0 spiro atoms. The van der Waals surface area contributed by atoms with Crippen LogP contribution in [0.15, 0.2) is 24.4 Å². The molecule has 0 bridgehead atoms. The molecule has 1 unspecified atom stereocenters. The Morgan fingerprint density at radius 3 is 2.71 bits per heavy atom. The number of hydrogen-bond donors (Lipinski definition) is 2. The summed E-state index contributed by atoms with van der Waals surface area (Å²) in [4.78, 5) is 0. The predicted octanol–water partition coefficient (Wildman–Crippen LogP) is 3.87. The smallest absolute Gasteiger partial charge is 0.0535 e. The maximum atomic E-state index is 4.07. The Hall–Kier alpha value is -1.32. The third kappa shape index (κ3) is 3.66. The van der Waals surface area contributed by atoms with E-state index in [2.05, 4.69) is 47.6 Å². The van der Waals surface area contributed by atoms with Crippen LogP contribution in [0.5, 0.6) is 0 Å². The monoisotopic (exact) mass is 305 g/mol. The Morgan fingerprint density at radius 2 is 2.00 bits per heavy atom. The molecule has 21 heavy (non-hydrogen) atoms. The van der Waals surface area contributed by atoms with E-state index < -0.39 is 0 Å². The van der Waals surface area contributed by atoms with Gasteiger partial charge < -0.3 is 5.32 Å². The van der Waals surface area contributed by atoms with Crippen molar-refractivity contribution in [2.75, 3.05) is 0 Å². The molecule has 1 aliphatic rings. The molecular weight excluding hydrogens is 282 g/mol. The molecule has 0 saturated heterocycles. The predicted molar refractivity (Wildman–Crippen MR) is 88.9 cm³/mol. The maximum absolute atomic E-state index is 4.07. The van der Waals surface area contributed by atoms with Crippen molar-refractivity contribution in [3.8, 4) is 0 Å². The van der Waals surface area contributed by atoms with Gasteiger partial charge in [-0.25, -0.2) is 0 Å². The molecule has 2 aromatic rings. The largest absolute Gasteiger partial charge is 0.306 e. The number of halogens is 1. The summed E-state index contributed by atoms with van der Waals surface area (Å²) in [6, 6.07) is 7.38. The Kier molecular flexibility index (Phi) is 5.43. The number of hydrogen-bond acceptors (Lipinski definition) is 2. The quantitative estimate of drug-likeness (QED) is 0.900. The van der Waals surface area contributed by atoms with Gasteiger partial charge in [0, 0.05) is 23.8 Å². The second-order valence-corrected chi connectivity index (χ2v) is 5.86. The summed E-state index contributed by atoms with van der Waals surface area (Å²) < 4.78 is 0. The fourth-order valence-electron chi connectivity index (χ4n) is 2.96. The molecule has 0 amide bonds. The number of nitrogens with zero attached hydrogens (tertiary/aromatic N) is 1. The molecule has 1 heterocycles. The van der Waals surface area contributed by atoms with Gasteiger partial charge in [-0.3, -0.25) is 5.10 Å². The van der Waals surface area contributed by atoms with Gasteiger partial charge >= 0.3 is 0 Å². The number of benzene rings is 1. The van der Waals surface area contributed by atoms with Crippen LogP contribution in [0.2, 0.25) is 0 Å². The highest BCUT2D eigenvalue weighted by molar-refractivity contribution is 5.85.